The maximum absolute atomic E-state index is 11.9. The quantitative estimate of drug-likeness (QED) is 0.617. The predicted octanol–water partition coefficient (Wildman–Crippen LogP) is 4.01. The molecule has 1 unspecified atom stereocenters. The van der Waals surface area contributed by atoms with Crippen LogP contribution in [-0.4, -0.2) is 17.0 Å². The third-order valence-electron chi connectivity index (χ3n) is 3.31. The Balaban J connectivity index is 2.08. The van der Waals surface area contributed by atoms with Gasteiger partial charge in [-0.1, -0.05) is 43.7 Å². The van der Waals surface area contributed by atoms with Gasteiger partial charge in [0.15, 0.2) is 0 Å². The van der Waals surface area contributed by atoms with Crippen LogP contribution in [0.1, 0.15) is 52.1 Å². The van der Waals surface area contributed by atoms with Crippen LogP contribution in [-0.2, 0) is 9.78 Å². The Morgan fingerprint density at radius 2 is 1.74 bits per heavy atom. The molecule has 0 heterocycles. The van der Waals surface area contributed by atoms with E-state index < -0.39 is 18.0 Å². The van der Waals surface area contributed by atoms with Crippen molar-refractivity contribution in [3.8, 4) is 0 Å². The minimum Gasteiger partial charge on any atom is -0.478 e. The summed E-state index contributed by atoms with van der Waals surface area (Å²) in [5.74, 6) is -1.59. The molecule has 0 aliphatic rings. The van der Waals surface area contributed by atoms with Gasteiger partial charge in [0.1, 0.15) is 6.10 Å². The van der Waals surface area contributed by atoms with Gasteiger partial charge in [0.2, 0.25) is 0 Å². The van der Waals surface area contributed by atoms with E-state index >= 15 is 0 Å². The number of rotatable bonds is 7. The van der Waals surface area contributed by atoms with Crippen LogP contribution in [0.2, 0.25) is 0 Å². The topological polar surface area (TPSA) is 72.8 Å². The van der Waals surface area contributed by atoms with Gasteiger partial charge in [-0.3, -0.25) is 4.89 Å². The van der Waals surface area contributed by atoms with Crippen molar-refractivity contribution in [2.45, 2.75) is 25.9 Å². The summed E-state index contributed by atoms with van der Waals surface area (Å²) in [6.07, 6.45) is 0.891. The fourth-order valence-electron chi connectivity index (χ4n) is 2.13. The second kappa shape index (κ2) is 8.10. The van der Waals surface area contributed by atoms with Crippen molar-refractivity contribution >= 4 is 11.9 Å². The Labute approximate surface area is 134 Å². The van der Waals surface area contributed by atoms with Gasteiger partial charge in [0.25, 0.3) is 0 Å². The fourth-order valence-corrected chi connectivity index (χ4v) is 2.13. The van der Waals surface area contributed by atoms with Gasteiger partial charge in [-0.25, -0.2) is 9.59 Å². The van der Waals surface area contributed by atoms with E-state index in [9.17, 15) is 9.59 Å². The Morgan fingerprint density at radius 1 is 1.04 bits per heavy atom. The van der Waals surface area contributed by atoms with Crippen LogP contribution in [0.4, 0.5) is 0 Å². The molecule has 0 saturated heterocycles. The van der Waals surface area contributed by atoms with Crippen LogP contribution in [0, 0.1) is 0 Å². The molecular weight excluding hydrogens is 296 g/mol. The summed E-state index contributed by atoms with van der Waals surface area (Å²) in [7, 11) is 0. The zero-order chi connectivity index (χ0) is 16.7. The second-order valence-electron chi connectivity index (χ2n) is 5.04. The smallest absolute Gasteiger partial charge is 0.373 e. The molecule has 5 nitrogen and oxygen atoms in total. The third kappa shape index (κ3) is 4.66. The number of benzene rings is 2. The molecule has 0 bridgehead atoms. The number of carbonyl (C=O) groups is 2. The molecule has 2 aromatic rings. The lowest BCUT2D eigenvalue weighted by Gasteiger charge is -2.16. The molecule has 0 fully saturated rings. The van der Waals surface area contributed by atoms with Gasteiger partial charge < -0.3 is 5.11 Å². The molecular formula is C18H18O5. The molecule has 120 valence electrons. The highest BCUT2D eigenvalue weighted by Crippen LogP contribution is 2.24. The molecule has 1 N–H and O–H groups in total. The van der Waals surface area contributed by atoms with E-state index in [0.29, 0.717) is 17.5 Å². The van der Waals surface area contributed by atoms with E-state index in [0.717, 1.165) is 6.42 Å². The Hall–Kier alpha value is -2.66. The second-order valence-corrected chi connectivity index (χ2v) is 5.04. The van der Waals surface area contributed by atoms with Crippen molar-refractivity contribution in [1.82, 2.24) is 0 Å². The summed E-state index contributed by atoms with van der Waals surface area (Å²) >= 11 is 0. The summed E-state index contributed by atoms with van der Waals surface area (Å²) in [4.78, 5) is 33.2. The molecule has 0 aromatic heterocycles. The van der Waals surface area contributed by atoms with Crippen LogP contribution in [0.5, 0.6) is 0 Å². The van der Waals surface area contributed by atoms with Crippen LogP contribution in [0.25, 0.3) is 0 Å². The number of hydrogen-bond acceptors (Lipinski definition) is 4. The van der Waals surface area contributed by atoms with E-state index in [-0.39, 0.29) is 5.56 Å². The SMILES string of the molecule is CCCC(OOC(=O)c1ccccc1)c1cccc(C(=O)O)c1. The van der Waals surface area contributed by atoms with Gasteiger partial charge in [0, 0.05) is 0 Å². The Bertz CT molecular complexity index is 666. The van der Waals surface area contributed by atoms with Crippen molar-refractivity contribution in [1.29, 1.82) is 0 Å². The van der Waals surface area contributed by atoms with Crippen molar-refractivity contribution in [3.63, 3.8) is 0 Å². The molecule has 23 heavy (non-hydrogen) atoms. The maximum Gasteiger partial charge on any atom is 0.373 e. The van der Waals surface area contributed by atoms with Crippen LogP contribution in [0.3, 0.4) is 0 Å². The number of aromatic carboxylic acids is 1. The molecule has 2 rings (SSSR count). The molecule has 0 aliphatic heterocycles. The van der Waals surface area contributed by atoms with Gasteiger partial charge in [-0.2, -0.15) is 4.89 Å². The molecule has 5 heteroatoms. The molecule has 0 amide bonds. The van der Waals surface area contributed by atoms with Crippen molar-refractivity contribution < 1.29 is 24.5 Å². The van der Waals surface area contributed by atoms with Gasteiger partial charge in [-0.05, 0) is 36.2 Å². The van der Waals surface area contributed by atoms with Crippen molar-refractivity contribution in [3.05, 3.63) is 71.3 Å². The van der Waals surface area contributed by atoms with E-state index in [1.165, 1.54) is 12.1 Å². The molecule has 0 aliphatic carbocycles. The summed E-state index contributed by atoms with van der Waals surface area (Å²) in [5, 5.41) is 9.06. The fraction of sp³-hybridized carbons (Fsp3) is 0.222. The summed E-state index contributed by atoms with van der Waals surface area (Å²) in [6.45, 7) is 1.97. The first kappa shape index (κ1) is 16.7. The number of carboxylic acid groups (broad SMARTS) is 1. The van der Waals surface area contributed by atoms with E-state index in [1.807, 2.05) is 6.92 Å². The molecule has 0 saturated carbocycles. The number of carboxylic acids is 1. The lowest BCUT2D eigenvalue weighted by molar-refractivity contribution is -0.278. The van der Waals surface area contributed by atoms with Crippen LogP contribution < -0.4 is 0 Å². The van der Waals surface area contributed by atoms with E-state index in [2.05, 4.69) is 0 Å². The van der Waals surface area contributed by atoms with Gasteiger partial charge >= 0.3 is 11.9 Å². The van der Waals surface area contributed by atoms with Crippen molar-refractivity contribution in [2.75, 3.05) is 0 Å². The van der Waals surface area contributed by atoms with Crippen LogP contribution in [0.15, 0.2) is 54.6 Å². The molecule has 0 radical (unpaired) electrons. The predicted molar refractivity (Wildman–Crippen MR) is 84.0 cm³/mol. The first-order valence-corrected chi connectivity index (χ1v) is 7.37. The summed E-state index contributed by atoms with van der Waals surface area (Å²) in [5.41, 5.74) is 1.22. The standard InChI is InChI=1S/C18H18O5/c1-2-7-16(14-10-6-11-15(12-14)17(19)20)22-23-18(21)13-8-4-3-5-9-13/h3-6,8-12,16H,2,7H2,1H3,(H,19,20). The maximum atomic E-state index is 11.9. The van der Waals surface area contributed by atoms with Gasteiger partial charge in [0.05, 0.1) is 11.1 Å². The number of hydrogen-bond donors (Lipinski definition) is 1. The van der Waals surface area contributed by atoms with Crippen molar-refractivity contribution in [2.24, 2.45) is 0 Å². The third-order valence-corrected chi connectivity index (χ3v) is 3.31. The lowest BCUT2D eigenvalue weighted by Crippen LogP contribution is -2.11. The highest BCUT2D eigenvalue weighted by Gasteiger charge is 2.17. The van der Waals surface area contributed by atoms with Gasteiger partial charge in [-0.15, -0.1) is 0 Å². The number of carbonyl (C=O) groups excluding carboxylic acids is 1. The monoisotopic (exact) mass is 314 g/mol. The first-order chi connectivity index (χ1) is 11.1. The zero-order valence-electron chi connectivity index (χ0n) is 12.8. The molecule has 2 aromatic carbocycles. The normalized spacial score (nSPS) is 11.7. The summed E-state index contributed by atoms with van der Waals surface area (Å²) < 4.78 is 0. The molecule has 0 spiro atoms. The Kier molecular flexibility index (Phi) is 5.88. The first-order valence-electron chi connectivity index (χ1n) is 7.37. The zero-order valence-corrected chi connectivity index (χ0v) is 12.8. The molecule has 1 atom stereocenters. The van der Waals surface area contributed by atoms with E-state index in [4.69, 9.17) is 14.9 Å². The minimum absolute atomic E-state index is 0.168. The lowest BCUT2D eigenvalue weighted by atomic mass is 10.0. The average Bonchev–Trinajstić information content (AvgIpc) is 2.59. The largest absolute Gasteiger partial charge is 0.478 e. The highest BCUT2D eigenvalue weighted by atomic mass is 17.2. The highest BCUT2D eigenvalue weighted by molar-refractivity contribution is 5.89. The average molecular weight is 314 g/mol. The Morgan fingerprint density at radius 3 is 2.39 bits per heavy atom. The van der Waals surface area contributed by atoms with Crippen LogP contribution >= 0.6 is 0 Å². The summed E-state index contributed by atoms with van der Waals surface area (Å²) in [6, 6.07) is 15.0. The van der Waals surface area contributed by atoms with E-state index in [1.54, 1.807) is 42.5 Å². The minimum atomic E-state index is -1.01.